The van der Waals surface area contributed by atoms with Crippen LogP contribution in [-0.2, 0) is 0 Å². The average molecular weight is 391 g/mol. The molecule has 0 saturated heterocycles. The first-order valence-electron chi connectivity index (χ1n) is 10.2. The number of aryl methyl sites for hydroxylation is 1. The van der Waals surface area contributed by atoms with Crippen molar-refractivity contribution in [3.63, 3.8) is 0 Å². The van der Waals surface area contributed by atoms with E-state index < -0.39 is 7.05 Å². The summed E-state index contributed by atoms with van der Waals surface area (Å²) in [5, 5.41) is 6.37. The largest absolute Gasteiger partial charge is 0.314 e. The lowest BCUT2D eigenvalue weighted by Gasteiger charge is -2.29. The summed E-state index contributed by atoms with van der Waals surface area (Å²) < 4.78 is 5.49. The Kier molecular flexibility index (Phi) is 7.25. The molecule has 28 heavy (non-hydrogen) atoms. The van der Waals surface area contributed by atoms with Crippen molar-refractivity contribution in [3.8, 4) is 0 Å². The van der Waals surface area contributed by atoms with Gasteiger partial charge in [-0.2, -0.15) is 0 Å². The predicted octanol–water partition coefficient (Wildman–Crippen LogP) is 5.87. The van der Waals surface area contributed by atoms with Crippen LogP contribution in [-0.4, -0.2) is 18.7 Å². The van der Waals surface area contributed by atoms with E-state index in [1.807, 2.05) is 0 Å². The zero-order chi connectivity index (χ0) is 19.8. The summed E-state index contributed by atoms with van der Waals surface area (Å²) in [7, 11) is -1.97. The Balaban J connectivity index is 2.21. The van der Waals surface area contributed by atoms with Gasteiger partial charge in [0.15, 0.2) is 0 Å². The molecule has 1 N–H and O–H groups in total. The number of rotatable bonds is 8. The molecule has 2 nitrogen and oxygen atoms in total. The number of benzene rings is 3. The summed E-state index contributed by atoms with van der Waals surface area (Å²) in [5.74, 6) is 0. The van der Waals surface area contributed by atoms with Crippen LogP contribution >= 0.6 is 7.05 Å². The molecule has 0 radical (unpaired) electrons. The second-order valence-corrected chi connectivity index (χ2v) is 10.6. The topological polar surface area (TPSA) is 24.4 Å². The zero-order valence-corrected chi connectivity index (χ0v) is 18.1. The highest BCUT2D eigenvalue weighted by molar-refractivity contribution is 7.81. The summed E-state index contributed by atoms with van der Waals surface area (Å²) in [5.41, 5.74) is 2.33. The Morgan fingerprint density at radius 1 is 0.821 bits per heavy atom. The van der Waals surface area contributed by atoms with Gasteiger partial charge in [-0.05, 0) is 49.6 Å². The maximum absolute atomic E-state index is 5.49. The second kappa shape index (κ2) is 9.87. The Labute approximate surface area is 170 Å². The minimum atomic E-state index is -1.97. The van der Waals surface area contributed by atoms with Gasteiger partial charge in [0.05, 0.1) is 5.69 Å². The van der Waals surface area contributed by atoms with Gasteiger partial charge in [0.25, 0.3) is 0 Å². The SMILES string of the molecule is CCCNC(C)CP(=Nc1ccc(C)cc1)(c1ccccc1)c1ccccc1. The predicted molar refractivity (Wildman–Crippen MR) is 125 cm³/mol. The van der Waals surface area contributed by atoms with E-state index >= 15 is 0 Å². The first-order chi connectivity index (χ1) is 13.6. The Hall–Kier alpha value is -2.15. The first-order valence-corrected chi connectivity index (χ1v) is 12.1. The van der Waals surface area contributed by atoms with Crippen LogP contribution in [0.25, 0.3) is 0 Å². The molecule has 0 spiro atoms. The van der Waals surface area contributed by atoms with Crippen LogP contribution in [0, 0.1) is 6.92 Å². The van der Waals surface area contributed by atoms with Gasteiger partial charge in [-0.15, -0.1) is 0 Å². The molecular formula is C25H31N2P. The van der Waals surface area contributed by atoms with Gasteiger partial charge in [0.1, 0.15) is 0 Å². The molecule has 146 valence electrons. The molecule has 0 heterocycles. The van der Waals surface area contributed by atoms with Crippen LogP contribution in [0.2, 0.25) is 0 Å². The highest BCUT2D eigenvalue weighted by Crippen LogP contribution is 2.50. The summed E-state index contributed by atoms with van der Waals surface area (Å²) in [6.45, 7) is 7.67. The third-order valence-corrected chi connectivity index (χ3v) is 8.92. The van der Waals surface area contributed by atoms with Crippen LogP contribution in [0.1, 0.15) is 25.8 Å². The van der Waals surface area contributed by atoms with Crippen molar-refractivity contribution >= 4 is 23.4 Å². The van der Waals surface area contributed by atoms with E-state index in [0.717, 1.165) is 24.8 Å². The quantitative estimate of drug-likeness (QED) is 0.478. The third-order valence-electron chi connectivity index (χ3n) is 4.97. The maximum atomic E-state index is 5.49. The van der Waals surface area contributed by atoms with Crippen LogP contribution in [0.3, 0.4) is 0 Å². The molecule has 0 saturated carbocycles. The fourth-order valence-electron chi connectivity index (χ4n) is 3.53. The normalized spacial score (nSPS) is 12.5. The van der Waals surface area contributed by atoms with Crippen molar-refractivity contribution in [2.45, 2.75) is 33.2 Å². The lowest BCUT2D eigenvalue weighted by atomic mass is 10.2. The molecule has 3 heteroatoms. The standard InChI is InChI=1S/C25H31N2P/c1-4-19-26-22(3)20-28(24-11-7-5-8-12-24,25-13-9-6-10-14-25)27-23-17-15-21(2)16-18-23/h5-18,22,26H,4,19-20H2,1-3H3. The molecule has 0 bridgehead atoms. The summed E-state index contributed by atoms with van der Waals surface area (Å²) in [6.07, 6.45) is 2.15. The average Bonchev–Trinajstić information content (AvgIpc) is 2.74. The fourth-order valence-corrected chi connectivity index (χ4v) is 7.34. The summed E-state index contributed by atoms with van der Waals surface area (Å²) >= 11 is 0. The van der Waals surface area contributed by atoms with Gasteiger partial charge in [-0.3, -0.25) is 4.74 Å². The fraction of sp³-hybridized carbons (Fsp3) is 0.280. The van der Waals surface area contributed by atoms with Crippen molar-refractivity contribution in [2.24, 2.45) is 4.74 Å². The molecule has 1 unspecified atom stereocenters. The van der Waals surface area contributed by atoms with Crippen molar-refractivity contribution in [1.29, 1.82) is 0 Å². The first kappa shape index (κ1) is 20.6. The zero-order valence-electron chi connectivity index (χ0n) is 17.2. The van der Waals surface area contributed by atoms with Gasteiger partial charge in [-0.25, -0.2) is 0 Å². The van der Waals surface area contributed by atoms with Crippen LogP contribution in [0.4, 0.5) is 5.69 Å². The number of nitrogens with zero attached hydrogens (tertiary/aromatic N) is 1. The van der Waals surface area contributed by atoms with Crippen LogP contribution in [0.5, 0.6) is 0 Å². The Bertz CT molecular complexity index is 859. The number of hydrogen-bond acceptors (Lipinski definition) is 2. The molecular weight excluding hydrogens is 359 g/mol. The highest BCUT2D eigenvalue weighted by atomic mass is 31.2. The molecule has 0 aliphatic rings. The maximum Gasteiger partial charge on any atom is 0.0621 e. The molecule has 1 atom stereocenters. The minimum Gasteiger partial charge on any atom is -0.314 e. The summed E-state index contributed by atoms with van der Waals surface area (Å²) in [6, 6.07) is 30.8. The molecule has 0 amide bonds. The summed E-state index contributed by atoms with van der Waals surface area (Å²) in [4.78, 5) is 0. The van der Waals surface area contributed by atoms with Gasteiger partial charge in [0.2, 0.25) is 0 Å². The molecule has 0 aliphatic carbocycles. The Morgan fingerprint density at radius 3 is 1.86 bits per heavy atom. The molecule has 0 fully saturated rings. The monoisotopic (exact) mass is 390 g/mol. The van der Waals surface area contributed by atoms with E-state index in [0.29, 0.717) is 6.04 Å². The van der Waals surface area contributed by atoms with Gasteiger partial charge in [-0.1, -0.05) is 85.3 Å². The molecule has 0 aliphatic heterocycles. The van der Waals surface area contributed by atoms with Crippen LogP contribution in [0.15, 0.2) is 89.7 Å². The molecule has 0 aromatic heterocycles. The third kappa shape index (κ3) is 5.01. The smallest absolute Gasteiger partial charge is 0.0621 e. The van der Waals surface area contributed by atoms with Gasteiger partial charge in [0, 0.05) is 19.3 Å². The van der Waals surface area contributed by atoms with Crippen molar-refractivity contribution < 1.29 is 0 Å². The van der Waals surface area contributed by atoms with E-state index in [1.165, 1.54) is 16.2 Å². The molecule has 3 rings (SSSR count). The van der Waals surface area contributed by atoms with E-state index in [2.05, 4.69) is 111 Å². The molecule has 3 aromatic carbocycles. The van der Waals surface area contributed by atoms with Crippen molar-refractivity contribution in [2.75, 3.05) is 12.7 Å². The highest BCUT2D eigenvalue weighted by Gasteiger charge is 2.27. The van der Waals surface area contributed by atoms with Crippen molar-refractivity contribution in [1.82, 2.24) is 5.32 Å². The van der Waals surface area contributed by atoms with Crippen LogP contribution < -0.4 is 15.9 Å². The van der Waals surface area contributed by atoms with E-state index in [-0.39, 0.29) is 0 Å². The van der Waals surface area contributed by atoms with E-state index in [1.54, 1.807) is 0 Å². The van der Waals surface area contributed by atoms with E-state index in [4.69, 9.17) is 4.74 Å². The van der Waals surface area contributed by atoms with E-state index in [9.17, 15) is 0 Å². The van der Waals surface area contributed by atoms with Gasteiger partial charge >= 0.3 is 0 Å². The Morgan fingerprint density at radius 2 is 1.36 bits per heavy atom. The minimum absolute atomic E-state index is 0.392. The van der Waals surface area contributed by atoms with Gasteiger partial charge < -0.3 is 5.32 Å². The lowest BCUT2D eigenvalue weighted by Crippen LogP contribution is -2.34. The number of hydrogen-bond donors (Lipinski definition) is 1. The number of nitrogens with one attached hydrogen (secondary N) is 1. The van der Waals surface area contributed by atoms with Crippen molar-refractivity contribution in [3.05, 3.63) is 90.5 Å². The molecule has 3 aromatic rings. The lowest BCUT2D eigenvalue weighted by molar-refractivity contribution is 0.588. The second-order valence-electron chi connectivity index (χ2n) is 7.41.